The van der Waals surface area contributed by atoms with Crippen molar-refractivity contribution in [1.29, 1.82) is 0 Å². The van der Waals surface area contributed by atoms with E-state index in [2.05, 4.69) is 34.9 Å². The van der Waals surface area contributed by atoms with Crippen LogP contribution in [0, 0.1) is 6.92 Å². The summed E-state index contributed by atoms with van der Waals surface area (Å²) in [4.78, 5) is 9.11. The highest BCUT2D eigenvalue weighted by Gasteiger charge is 2.22. The SMILES string of the molecule is Cc1cc(N2CCC(N(C)C)CC2)c(CCl)cn1. The first-order valence-electron chi connectivity index (χ1n) is 6.54. The molecular weight excluding hydrogens is 246 g/mol. The van der Waals surface area contributed by atoms with E-state index in [0.29, 0.717) is 11.9 Å². The average molecular weight is 268 g/mol. The highest BCUT2D eigenvalue weighted by Crippen LogP contribution is 2.26. The van der Waals surface area contributed by atoms with Crippen molar-refractivity contribution in [3.05, 3.63) is 23.5 Å². The molecule has 1 saturated heterocycles. The number of rotatable bonds is 3. The molecule has 100 valence electrons. The minimum Gasteiger partial charge on any atom is -0.371 e. The van der Waals surface area contributed by atoms with Gasteiger partial charge in [0.1, 0.15) is 0 Å². The Hall–Kier alpha value is -0.800. The van der Waals surface area contributed by atoms with E-state index in [1.165, 1.54) is 18.5 Å². The van der Waals surface area contributed by atoms with E-state index in [-0.39, 0.29) is 0 Å². The molecule has 1 fully saturated rings. The first-order chi connectivity index (χ1) is 8.61. The monoisotopic (exact) mass is 267 g/mol. The van der Waals surface area contributed by atoms with Crippen LogP contribution in [-0.2, 0) is 5.88 Å². The topological polar surface area (TPSA) is 19.4 Å². The lowest BCUT2D eigenvalue weighted by Crippen LogP contribution is -2.42. The lowest BCUT2D eigenvalue weighted by molar-refractivity contribution is 0.249. The van der Waals surface area contributed by atoms with Gasteiger partial charge in [0, 0.05) is 42.3 Å². The van der Waals surface area contributed by atoms with Crippen LogP contribution in [0.4, 0.5) is 5.69 Å². The van der Waals surface area contributed by atoms with Crippen LogP contribution in [0.25, 0.3) is 0 Å². The van der Waals surface area contributed by atoms with Gasteiger partial charge in [0.25, 0.3) is 0 Å². The van der Waals surface area contributed by atoms with Crippen LogP contribution >= 0.6 is 11.6 Å². The number of alkyl halides is 1. The molecule has 2 heterocycles. The summed E-state index contributed by atoms with van der Waals surface area (Å²) >= 11 is 6.01. The summed E-state index contributed by atoms with van der Waals surface area (Å²) < 4.78 is 0. The maximum Gasteiger partial charge on any atom is 0.0509 e. The summed E-state index contributed by atoms with van der Waals surface area (Å²) in [6, 6.07) is 2.87. The van der Waals surface area contributed by atoms with Gasteiger partial charge in [0.05, 0.1) is 5.88 Å². The van der Waals surface area contributed by atoms with E-state index < -0.39 is 0 Å². The zero-order valence-corrected chi connectivity index (χ0v) is 12.2. The van der Waals surface area contributed by atoms with Gasteiger partial charge in [0.2, 0.25) is 0 Å². The molecule has 0 aliphatic carbocycles. The molecule has 1 aromatic heterocycles. The molecule has 1 aliphatic heterocycles. The molecule has 3 nitrogen and oxygen atoms in total. The van der Waals surface area contributed by atoms with Crippen LogP contribution in [-0.4, -0.2) is 43.1 Å². The molecule has 0 N–H and O–H groups in total. The molecule has 4 heteroatoms. The largest absolute Gasteiger partial charge is 0.371 e. The maximum absolute atomic E-state index is 6.01. The van der Waals surface area contributed by atoms with Gasteiger partial charge >= 0.3 is 0 Å². The van der Waals surface area contributed by atoms with E-state index >= 15 is 0 Å². The van der Waals surface area contributed by atoms with Crippen molar-refractivity contribution >= 4 is 17.3 Å². The van der Waals surface area contributed by atoms with Crippen molar-refractivity contribution in [2.75, 3.05) is 32.1 Å². The fraction of sp³-hybridized carbons (Fsp3) is 0.643. The molecule has 1 aliphatic rings. The number of pyridine rings is 1. The summed E-state index contributed by atoms with van der Waals surface area (Å²) in [5.41, 5.74) is 3.48. The first-order valence-corrected chi connectivity index (χ1v) is 7.08. The standard InChI is InChI=1S/C14H22ClN3/c1-11-8-14(12(9-15)10-16-11)18-6-4-13(5-7-18)17(2)3/h8,10,13H,4-7,9H2,1-3H3. The highest BCUT2D eigenvalue weighted by atomic mass is 35.5. The predicted octanol–water partition coefficient (Wildman–Crippen LogP) is 2.66. The lowest BCUT2D eigenvalue weighted by Gasteiger charge is -2.37. The molecule has 0 saturated carbocycles. The number of aromatic nitrogens is 1. The molecule has 1 aromatic rings. The molecule has 0 atom stereocenters. The zero-order valence-electron chi connectivity index (χ0n) is 11.5. The second-order valence-corrected chi connectivity index (χ2v) is 5.54. The van der Waals surface area contributed by atoms with Crippen LogP contribution in [0.1, 0.15) is 24.1 Å². The Bertz CT molecular complexity index is 398. The second kappa shape index (κ2) is 5.89. The summed E-state index contributed by atoms with van der Waals surface area (Å²) in [5.74, 6) is 0.538. The van der Waals surface area contributed by atoms with Gasteiger partial charge in [-0.15, -0.1) is 11.6 Å². The van der Waals surface area contributed by atoms with Crippen LogP contribution < -0.4 is 4.90 Å². The van der Waals surface area contributed by atoms with Crippen molar-refractivity contribution in [2.24, 2.45) is 0 Å². The van der Waals surface area contributed by atoms with E-state index in [9.17, 15) is 0 Å². The molecule has 0 bridgehead atoms. The third kappa shape index (κ3) is 2.96. The minimum absolute atomic E-state index is 0.538. The molecule has 0 radical (unpaired) electrons. The minimum atomic E-state index is 0.538. The van der Waals surface area contributed by atoms with E-state index in [1.807, 2.05) is 13.1 Å². The fourth-order valence-corrected chi connectivity index (χ4v) is 2.80. The van der Waals surface area contributed by atoms with Gasteiger partial charge in [-0.05, 0) is 39.9 Å². The Labute approximate surface area is 115 Å². The average Bonchev–Trinajstić information content (AvgIpc) is 2.39. The quantitative estimate of drug-likeness (QED) is 0.785. The molecule has 0 aromatic carbocycles. The van der Waals surface area contributed by atoms with Gasteiger partial charge in [-0.2, -0.15) is 0 Å². The van der Waals surface area contributed by atoms with Gasteiger partial charge < -0.3 is 9.80 Å². The fourth-order valence-electron chi connectivity index (χ4n) is 2.59. The summed E-state index contributed by atoms with van der Waals surface area (Å²) in [6.45, 7) is 4.25. The number of halogens is 1. The number of anilines is 1. The highest BCUT2D eigenvalue weighted by molar-refractivity contribution is 6.17. The summed E-state index contributed by atoms with van der Waals surface area (Å²) in [5, 5.41) is 0. The number of aryl methyl sites for hydroxylation is 1. The number of hydrogen-bond donors (Lipinski definition) is 0. The lowest BCUT2D eigenvalue weighted by atomic mass is 10.0. The van der Waals surface area contributed by atoms with E-state index in [0.717, 1.165) is 24.3 Å². The number of hydrogen-bond acceptors (Lipinski definition) is 3. The Morgan fingerprint density at radius 3 is 2.61 bits per heavy atom. The Morgan fingerprint density at radius 2 is 2.06 bits per heavy atom. The predicted molar refractivity (Wildman–Crippen MR) is 77.5 cm³/mol. The number of piperidine rings is 1. The molecule has 0 spiro atoms. The van der Waals surface area contributed by atoms with E-state index in [1.54, 1.807) is 0 Å². The van der Waals surface area contributed by atoms with Crippen molar-refractivity contribution in [3.8, 4) is 0 Å². The smallest absolute Gasteiger partial charge is 0.0509 e. The van der Waals surface area contributed by atoms with Crippen molar-refractivity contribution < 1.29 is 0 Å². The van der Waals surface area contributed by atoms with Gasteiger partial charge in [-0.1, -0.05) is 0 Å². The number of nitrogens with zero attached hydrogens (tertiary/aromatic N) is 3. The van der Waals surface area contributed by atoms with Gasteiger partial charge in [-0.25, -0.2) is 0 Å². The van der Waals surface area contributed by atoms with Crippen molar-refractivity contribution in [2.45, 2.75) is 31.7 Å². The Kier molecular flexibility index (Phi) is 4.46. The summed E-state index contributed by atoms with van der Waals surface area (Å²) in [7, 11) is 4.34. The first kappa shape index (κ1) is 13.6. The Morgan fingerprint density at radius 1 is 1.39 bits per heavy atom. The van der Waals surface area contributed by atoms with Crippen LogP contribution in [0.15, 0.2) is 12.3 Å². The molecule has 0 unspecified atom stereocenters. The molecule has 18 heavy (non-hydrogen) atoms. The second-order valence-electron chi connectivity index (χ2n) is 5.27. The van der Waals surface area contributed by atoms with Gasteiger partial charge in [0.15, 0.2) is 0 Å². The van der Waals surface area contributed by atoms with Crippen molar-refractivity contribution in [3.63, 3.8) is 0 Å². The molecule has 0 amide bonds. The maximum atomic E-state index is 6.01. The third-order valence-corrected chi connectivity index (χ3v) is 4.07. The third-order valence-electron chi connectivity index (χ3n) is 3.78. The van der Waals surface area contributed by atoms with Crippen molar-refractivity contribution in [1.82, 2.24) is 9.88 Å². The normalized spacial score (nSPS) is 17.5. The Balaban J connectivity index is 2.11. The molecular formula is C14H22ClN3. The van der Waals surface area contributed by atoms with E-state index in [4.69, 9.17) is 11.6 Å². The van der Waals surface area contributed by atoms with Crippen LogP contribution in [0.2, 0.25) is 0 Å². The molecule has 2 rings (SSSR count). The zero-order chi connectivity index (χ0) is 13.1. The summed E-state index contributed by atoms with van der Waals surface area (Å²) in [6.07, 6.45) is 4.35. The van der Waals surface area contributed by atoms with Gasteiger partial charge in [-0.3, -0.25) is 4.98 Å². The van der Waals surface area contributed by atoms with Crippen LogP contribution in [0.3, 0.4) is 0 Å². The van der Waals surface area contributed by atoms with Crippen LogP contribution in [0.5, 0.6) is 0 Å².